The Bertz CT molecular complexity index is 579. The molecule has 22 heavy (non-hydrogen) atoms. The molecule has 5 nitrogen and oxygen atoms in total. The average Bonchev–Trinajstić information content (AvgIpc) is 3.21. The monoisotopic (exact) mass is 321 g/mol. The number of hydrogen-bond donors (Lipinski definition) is 2. The van der Waals surface area contributed by atoms with Crippen LogP contribution in [0.4, 0.5) is 5.69 Å². The maximum absolute atomic E-state index is 12.6. The minimum Gasteiger partial charge on any atom is -0.339 e. The van der Waals surface area contributed by atoms with E-state index < -0.39 is 0 Å². The summed E-state index contributed by atoms with van der Waals surface area (Å²) in [6.45, 7) is 3.09. The fraction of sp³-hybridized carbons (Fsp3) is 0.500. The van der Waals surface area contributed by atoms with Crippen LogP contribution in [-0.4, -0.2) is 42.9 Å². The third-order valence-electron chi connectivity index (χ3n) is 4.29. The summed E-state index contributed by atoms with van der Waals surface area (Å²) in [5, 5.41) is 6.57. The van der Waals surface area contributed by atoms with Gasteiger partial charge < -0.3 is 15.5 Å². The summed E-state index contributed by atoms with van der Waals surface area (Å²) >= 11 is 6.04. The lowest BCUT2D eigenvalue weighted by Gasteiger charge is -2.19. The van der Waals surface area contributed by atoms with Gasteiger partial charge in [0.25, 0.3) is 5.91 Å². The van der Waals surface area contributed by atoms with Gasteiger partial charge in [0.15, 0.2) is 0 Å². The van der Waals surface area contributed by atoms with E-state index in [1.807, 2.05) is 4.90 Å². The van der Waals surface area contributed by atoms with Crippen molar-refractivity contribution in [2.45, 2.75) is 19.3 Å². The lowest BCUT2D eigenvalue weighted by molar-refractivity contribution is -0.119. The van der Waals surface area contributed by atoms with E-state index in [-0.39, 0.29) is 17.7 Å². The maximum Gasteiger partial charge on any atom is 0.256 e. The Balaban J connectivity index is 1.80. The molecular weight excluding hydrogens is 302 g/mol. The van der Waals surface area contributed by atoms with Gasteiger partial charge in [0.2, 0.25) is 5.91 Å². The van der Waals surface area contributed by atoms with Crippen LogP contribution in [0, 0.1) is 5.92 Å². The fourth-order valence-corrected chi connectivity index (χ4v) is 3.18. The van der Waals surface area contributed by atoms with E-state index in [0.717, 1.165) is 38.9 Å². The highest BCUT2D eigenvalue weighted by Crippen LogP contribution is 2.25. The first-order valence-corrected chi connectivity index (χ1v) is 8.13. The number of carbonyl (C=O) groups is 2. The smallest absolute Gasteiger partial charge is 0.256 e. The number of nitrogens with one attached hydrogen (secondary N) is 2. The molecule has 3 rings (SSSR count). The first-order valence-electron chi connectivity index (χ1n) is 7.75. The SMILES string of the molecule is O=C(Nc1ccc(Cl)cc1C(=O)N1CCCC1)C1CCNC1. The lowest BCUT2D eigenvalue weighted by atomic mass is 10.1. The molecule has 118 valence electrons. The van der Waals surface area contributed by atoms with E-state index in [1.165, 1.54) is 0 Å². The molecule has 2 aliphatic heterocycles. The van der Waals surface area contributed by atoms with Crippen molar-refractivity contribution in [3.63, 3.8) is 0 Å². The minimum absolute atomic E-state index is 0.0367. The molecule has 0 bridgehead atoms. The summed E-state index contributed by atoms with van der Waals surface area (Å²) in [7, 11) is 0. The van der Waals surface area contributed by atoms with Gasteiger partial charge in [0.1, 0.15) is 0 Å². The van der Waals surface area contributed by atoms with E-state index in [1.54, 1.807) is 18.2 Å². The number of benzene rings is 1. The highest BCUT2D eigenvalue weighted by atomic mass is 35.5. The topological polar surface area (TPSA) is 61.4 Å². The summed E-state index contributed by atoms with van der Waals surface area (Å²) in [6, 6.07) is 5.06. The first-order chi connectivity index (χ1) is 10.6. The van der Waals surface area contributed by atoms with Crippen LogP contribution in [0.3, 0.4) is 0 Å². The predicted octanol–water partition coefficient (Wildman–Crippen LogP) is 2.12. The fourth-order valence-electron chi connectivity index (χ4n) is 3.01. The van der Waals surface area contributed by atoms with Crippen molar-refractivity contribution >= 4 is 29.1 Å². The molecular formula is C16H20ClN3O2. The second-order valence-corrected chi connectivity index (χ2v) is 6.30. The number of anilines is 1. The van der Waals surface area contributed by atoms with Gasteiger partial charge in [-0.05, 0) is 44.0 Å². The van der Waals surface area contributed by atoms with Crippen molar-refractivity contribution < 1.29 is 9.59 Å². The zero-order valence-corrected chi connectivity index (χ0v) is 13.2. The van der Waals surface area contributed by atoms with Crippen LogP contribution >= 0.6 is 11.6 Å². The standard InChI is InChI=1S/C16H20ClN3O2/c17-12-3-4-14(19-15(21)11-5-6-18-10-11)13(9-12)16(22)20-7-1-2-8-20/h3-4,9,11,18H,1-2,5-8,10H2,(H,19,21). The summed E-state index contributed by atoms with van der Waals surface area (Å²) in [5.41, 5.74) is 1.03. The molecule has 2 amide bonds. The highest BCUT2D eigenvalue weighted by Gasteiger charge is 2.26. The van der Waals surface area contributed by atoms with Crippen molar-refractivity contribution in [3.05, 3.63) is 28.8 Å². The van der Waals surface area contributed by atoms with Gasteiger partial charge in [-0.25, -0.2) is 0 Å². The Morgan fingerprint density at radius 3 is 2.73 bits per heavy atom. The molecule has 2 N–H and O–H groups in total. The molecule has 2 fully saturated rings. The van der Waals surface area contributed by atoms with Gasteiger partial charge >= 0.3 is 0 Å². The Morgan fingerprint density at radius 1 is 1.27 bits per heavy atom. The summed E-state index contributed by atoms with van der Waals surface area (Å²) in [4.78, 5) is 26.7. The molecule has 0 radical (unpaired) electrons. The van der Waals surface area contributed by atoms with Crippen LogP contribution in [0.1, 0.15) is 29.6 Å². The number of amides is 2. The molecule has 2 saturated heterocycles. The van der Waals surface area contributed by atoms with E-state index in [4.69, 9.17) is 11.6 Å². The number of nitrogens with zero attached hydrogens (tertiary/aromatic N) is 1. The Labute approximate surface area is 135 Å². The van der Waals surface area contributed by atoms with Crippen molar-refractivity contribution in [3.8, 4) is 0 Å². The zero-order chi connectivity index (χ0) is 15.5. The Morgan fingerprint density at radius 2 is 2.05 bits per heavy atom. The third kappa shape index (κ3) is 3.25. The van der Waals surface area contributed by atoms with Crippen LogP contribution in [0.5, 0.6) is 0 Å². The first kappa shape index (κ1) is 15.3. The molecule has 2 heterocycles. The van der Waals surface area contributed by atoms with Crippen molar-refractivity contribution in [2.24, 2.45) is 5.92 Å². The number of carbonyl (C=O) groups excluding carboxylic acids is 2. The van der Waals surface area contributed by atoms with Crippen molar-refractivity contribution in [2.75, 3.05) is 31.5 Å². The van der Waals surface area contributed by atoms with Gasteiger partial charge in [-0.3, -0.25) is 9.59 Å². The van der Waals surface area contributed by atoms with Gasteiger partial charge in [-0.2, -0.15) is 0 Å². The molecule has 2 aliphatic rings. The van der Waals surface area contributed by atoms with Crippen molar-refractivity contribution in [1.82, 2.24) is 10.2 Å². The van der Waals surface area contributed by atoms with Crippen LogP contribution in [0.15, 0.2) is 18.2 Å². The van der Waals surface area contributed by atoms with E-state index >= 15 is 0 Å². The third-order valence-corrected chi connectivity index (χ3v) is 4.53. The van der Waals surface area contributed by atoms with Gasteiger partial charge in [-0.1, -0.05) is 11.6 Å². The predicted molar refractivity (Wildman–Crippen MR) is 86.2 cm³/mol. The lowest BCUT2D eigenvalue weighted by Crippen LogP contribution is -2.30. The second-order valence-electron chi connectivity index (χ2n) is 5.87. The van der Waals surface area contributed by atoms with Gasteiger partial charge in [-0.15, -0.1) is 0 Å². The molecule has 0 aromatic heterocycles. The number of hydrogen-bond acceptors (Lipinski definition) is 3. The minimum atomic E-state index is -0.0557. The molecule has 0 saturated carbocycles. The number of halogens is 1. The van der Waals surface area contributed by atoms with Crippen LogP contribution in [0.25, 0.3) is 0 Å². The Kier molecular flexibility index (Phi) is 4.64. The van der Waals surface area contributed by atoms with Gasteiger partial charge in [0.05, 0.1) is 17.2 Å². The van der Waals surface area contributed by atoms with Crippen LogP contribution in [0.2, 0.25) is 5.02 Å². The summed E-state index contributed by atoms with van der Waals surface area (Å²) in [6.07, 6.45) is 2.89. The molecule has 1 unspecified atom stereocenters. The maximum atomic E-state index is 12.6. The number of likely N-dealkylation sites (tertiary alicyclic amines) is 1. The van der Waals surface area contributed by atoms with Crippen LogP contribution < -0.4 is 10.6 Å². The summed E-state index contributed by atoms with van der Waals surface area (Å²) < 4.78 is 0. The molecule has 1 aromatic rings. The average molecular weight is 322 g/mol. The quantitative estimate of drug-likeness (QED) is 0.896. The highest BCUT2D eigenvalue weighted by molar-refractivity contribution is 6.31. The molecule has 0 aliphatic carbocycles. The normalized spacial score (nSPS) is 21.1. The van der Waals surface area contributed by atoms with Gasteiger partial charge in [0, 0.05) is 24.7 Å². The molecule has 0 spiro atoms. The largest absolute Gasteiger partial charge is 0.339 e. The zero-order valence-electron chi connectivity index (χ0n) is 12.4. The van der Waals surface area contributed by atoms with E-state index in [2.05, 4.69) is 10.6 Å². The van der Waals surface area contributed by atoms with E-state index in [0.29, 0.717) is 22.8 Å². The number of rotatable bonds is 3. The van der Waals surface area contributed by atoms with Crippen LogP contribution in [-0.2, 0) is 4.79 Å². The molecule has 6 heteroatoms. The summed E-state index contributed by atoms with van der Waals surface area (Å²) in [5.74, 6) is -0.131. The molecule has 1 atom stereocenters. The molecule has 1 aromatic carbocycles. The second kappa shape index (κ2) is 6.67. The Hall–Kier alpha value is -1.59. The van der Waals surface area contributed by atoms with Crippen molar-refractivity contribution in [1.29, 1.82) is 0 Å². The van der Waals surface area contributed by atoms with E-state index in [9.17, 15) is 9.59 Å².